The Labute approximate surface area is 90.7 Å². The Morgan fingerprint density at radius 1 is 1.33 bits per heavy atom. The molecule has 0 spiro atoms. The fourth-order valence-corrected chi connectivity index (χ4v) is 1.43. The third kappa shape index (κ3) is 3.88. The zero-order valence-electron chi connectivity index (χ0n) is 9.22. The number of nitrogens with two attached hydrogens (primary N) is 1. The number of benzene rings is 1. The molecule has 0 unspecified atom stereocenters. The normalized spacial score (nSPS) is 10.3. The van der Waals surface area contributed by atoms with Gasteiger partial charge in [-0.25, -0.2) is 4.39 Å². The number of nitrogens with one attached hydrogen (secondary N) is 1. The summed E-state index contributed by atoms with van der Waals surface area (Å²) in [5.41, 5.74) is 6.82. The van der Waals surface area contributed by atoms with Crippen LogP contribution >= 0.6 is 0 Å². The number of unbranched alkanes of at least 4 members (excludes halogenated alkanes) is 2. The molecule has 0 saturated heterocycles. The van der Waals surface area contributed by atoms with Crippen molar-refractivity contribution in [2.24, 2.45) is 5.73 Å². The van der Waals surface area contributed by atoms with Crippen molar-refractivity contribution in [3.8, 4) is 0 Å². The van der Waals surface area contributed by atoms with Gasteiger partial charge in [-0.3, -0.25) is 0 Å². The molecular formula is C12H19FN2. The minimum atomic E-state index is -0.213. The number of anilines is 1. The molecule has 0 amide bonds. The van der Waals surface area contributed by atoms with E-state index in [9.17, 15) is 4.39 Å². The maximum Gasteiger partial charge on any atom is 0.146 e. The Kier molecular flexibility index (Phi) is 5.12. The summed E-state index contributed by atoms with van der Waals surface area (Å²) in [7, 11) is 0. The van der Waals surface area contributed by atoms with Crippen LogP contribution in [0, 0.1) is 5.82 Å². The van der Waals surface area contributed by atoms with E-state index in [1.165, 1.54) is 18.9 Å². The van der Waals surface area contributed by atoms with Gasteiger partial charge in [0, 0.05) is 13.1 Å². The number of hydrogen-bond acceptors (Lipinski definition) is 2. The molecular weight excluding hydrogens is 191 g/mol. The molecule has 0 aliphatic carbocycles. The van der Waals surface area contributed by atoms with Gasteiger partial charge in [0.1, 0.15) is 5.82 Å². The summed E-state index contributed by atoms with van der Waals surface area (Å²) < 4.78 is 13.4. The van der Waals surface area contributed by atoms with Gasteiger partial charge in [0.2, 0.25) is 0 Å². The molecule has 0 aromatic heterocycles. The van der Waals surface area contributed by atoms with Crippen LogP contribution in [0.1, 0.15) is 31.7 Å². The van der Waals surface area contributed by atoms with Crippen LogP contribution in [0.2, 0.25) is 0 Å². The van der Waals surface area contributed by atoms with Crippen LogP contribution in [-0.4, -0.2) is 6.54 Å². The molecule has 3 heteroatoms. The Bertz CT molecular complexity index is 300. The second kappa shape index (κ2) is 6.40. The zero-order chi connectivity index (χ0) is 11.1. The van der Waals surface area contributed by atoms with E-state index in [4.69, 9.17) is 5.73 Å². The predicted molar refractivity (Wildman–Crippen MR) is 62.3 cm³/mol. The standard InChI is InChI=1S/C12H19FN2/c1-2-3-4-7-15-12-6-5-10(9-14)8-11(12)13/h5-6,8,15H,2-4,7,9,14H2,1H3. The second-order valence-corrected chi connectivity index (χ2v) is 3.65. The van der Waals surface area contributed by atoms with E-state index in [-0.39, 0.29) is 5.82 Å². The summed E-state index contributed by atoms with van der Waals surface area (Å²) in [6.07, 6.45) is 3.43. The number of rotatable bonds is 6. The highest BCUT2D eigenvalue weighted by atomic mass is 19.1. The Balaban J connectivity index is 2.47. The lowest BCUT2D eigenvalue weighted by Crippen LogP contribution is -2.04. The predicted octanol–water partition coefficient (Wildman–Crippen LogP) is 2.89. The second-order valence-electron chi connectivity index (χ2n) is 3.65. The van der Waals surface area contributed by atoms with Gasteiger partial charge < -0.3 is 11.1 Å². The summed E-state index contributed by atoms with van der Waals surface area (Å²) in [5.74, 6) is -0.213. The summed E-state index contributed by atoms with van der Waals surface area (Å²) in [6.45, 7) is 3.36. The van der Waals surface area contributed by atoms with Crippen molar-refractivity contribution >= 4 is 5.69 Å². The molecule has 2 nitrogen and oxygen atoms in total. The van der Waals surface area contributed by atoms with Gasteiger partial charge in [-0.15, -0.1) is 0 Å². The summed E-state index contributed by atoms with van der Waals surface area (Å²) in [6, 6.07) is 5.09. The van der Waals surface area contributed by atoms with Crippen LogP contribution in [0.4, 0.5) is 10.1 Å². The molecule has 0 bridgehead atoms. The van der Waals surface area contributed by atoms with Gasteiger partial charge >= 0.3 is 0 Å². The molecule has 0 saturated carbocycles. The Morgan fingerprint density at radius 3 is 2.73 bits per heavy atom. The molecule has 0 aliphatic rings. The molecule has 1 rings (SSSR count). The Hall–Kier alpha value is -1.09. The first kappa shape index (κ1) is 12.0. The minimum Gasteiger partial charge on any atom is -0.383 e. The molecule has 3 N–H and O–H groups in total. The van der Waals surface area contributed by atoms with Crippen LogP contribution in [0.5, 0.6) is 0 Å². The highest BCUT2D eigenvalue weighted by Crippen LogP contribution is 2.15. The van der Waals surface area contributed by atoms with Crippen molar-refractivity contribution in [3.63, 3.8) is 0 Å². The summed E-state index contributed by atoms with van der Waals surface area (Å²) in [5, 5.41) is 3.08. The average molecular weight is 210 g/mol. The van der Waals surface area contributed by atoms with E-state index in [1.807, 2.05) is 6.07 Å². The van der Waals surface area contributed by atoms with Gasteiger partial charge in [0.15, 0.2) is 0 Å². The molecule has 0 aliphatic heterocycles. The first-order chi connectivity index (χ1) is 7.27. The minimum absolute atomic E-state index is 0.213. The van der Waals surface area contributed by atoms with Crippen LogP contribution in [0.3, 0.4) is 0 Å². The lowest BCUT2D eigenvalue weighted by atomic mass is 10.2. The topological polar surface area (TPSA) is 38.0 Å². The van der Waals surface area contributed by atoms with E-state index < -0.39 is 0 Å². The van der Waals surface area contributed by atoms with Gasteiger partial charge in [0.05, 0.1) is 5.69 Å². The van der Waals surface area contributed by atoms with Crippen LogP contribution in [-0.2, 0) is 6.54 Å². The Morgan fingerprint density at radius 2 is 2.13 bits per heavy atom. The van der Waals surface area contributed by atoms with Crippen molar-refractivity contribution in [1.29, 1.82) is 0 Å². The van der Waals surface area contributed by atoms with E-state index in [0.29, 0.717) is 12.2 Å². The fourth-order valence-electron chi connectivity index (χ4n) is 1.43. The highest BCUT2D eigenvalue weighted by molar-refractivity contribution is 5.46. The van der Waals surface area contributed by atoms with Crippen LogP contribution in [0.25, 0.3) is 0 Å². The summed E-state index contributed by atoms with van der Waals surface area (Å²) >= 11 is 0. The van der Waals surface area contributed by atoms with E-state index >= 15 is 0 Å². The smallest absolute Gasteiger partial charge is 0.146 e. The van der Waals surface area contributed by atoms with Gasteiger partial charge in [-0.05, 0) is 24.1 Å². The third-order valence-corrected chi connectivity index (χ3v) is 2.36. The lowest BCUT2D eigenvalue weighted by molar-refractivity contribution is 0.626. The lowest BCUT2D eigenvalue weighted by Gasteiger charge is -2.08. The maximum absolute atomic E-state index is 13.4. The SMILES string of the molecule is CCCCCNc1ccc(CN)cc1F. The number of hydrogen-bond donors (Lipinski definition) is 2. The van der Waals surface area contributed by atoms with Crippen LogP contribution < -0.4 is 11.1 Å². The molecule has 0 atom stereocenters. The van der Waals surface area contributed by atoms with Crippen molar-refractivity contribution in [2.45, 2.75) is 32.7 Å². The van der Waals surface area contributed by atoms with Crippen molar-refractivity contribution < 1.29 is 4.39 Å². The van der Waals surface area contributed by atoms with Gasteiger partial charge in [-0.2, -0.15) is 0 Å². The van der Waals surface area contributed by atoms with Crippen LogP contribution in [0.15, 0.2) is 18.2 Å². The summed E-state index contributed by atoms with van der Waals surface area (Å²) in [4.78, 5) is 0. The van der Waals surface area contributed by atoms with E-state index in [1.54, 1.807) is 6.07 Å². The molecule has 84 valence electrons. The molecule has 1 aromatic rings. The zero-order valence-corrected chi connectivity index (χ0v) is 9.22. The molecule has 0 fully saturated rings. The van der Waals surface area contributed by atoms with Gasteiger partial charge in [-0.1, -0.05) is 25.8 Å². The average Bonchev–Trinajstić information content (AvgIpc) is 2.26. The fraction of sp³-hybridized carbons (Fsp3) is 0.500. The molecule has 0 heterocycles. The van der Waals surface area contributed by atoms with Crippen molar-refractivity contribution in [2.75, 3.05) is 11.9 Å². The third-order valence-electron chi connectivity index (χ3n) is 2.36. The van der Waals surface area contributed by atoms with Gasteiger partial charge in [0.25, 0.3) is 0 Å². The number of halogens is 1. The van der Waals surface area contributed by atoms with Crippen molar-refractivity contribution in [1.82, 2.24) is 0 Å². The largest absolute Gasteiger partial charge is 0.383 e. The first-order valence-corrected chi connectivity index (χ1v) is 5.50. The molecule has 1 aromatic carbocycles. The molecule has 0 radical (unpaired) electrons. The first-order valence-electron chi connectivity index (χ1n) is 5.50. The monoisotopic (exact) mass is 210 g/mol. The molecule has 15 heavy (non-hydrogen) atoms. The van der Waals surface area contributed by atoms with E-state index in [0.717, 1.165) is 18.5 Å². The quantitative estimate of drug-likeness (QED) is 0.708. The van der Waals surface area contributed by atoms with E-state index in [2.05, 4.69) is 12.2 Å². The maximum atomic E-state index is 13.4. The van der Waals surface area contributed by atoms with Crippen molar-refractivity contribution in [3.05, 3.63) is 29.6 Å². The highest BCUT2D eigenvalue weighted by Gasteiger charge is 2.01.